The van der Waals surface area contributed by atoms with Crippen LogP contribution >= 0.6 is 0 Å². The first-order valence-corrected chi connectivity index (χ1v) is 5.81. The molecule has 0 radical (unpaired) electrons. The van der Waals surface area contributed by atoms with Crippen molar-refractivity contribution in [3.8, 4) is 5.75 Å². The van der Waals surface area contributed by atoms with Gasteiger partial charge < -0.3 is 16.2 Å². The third kappa shape index (κ3) is 2.82. The van der Waals surface area contributed by atoms with Crippen LogP contribution in [0.4, 0.5) is 11.5 Å². The quantitative estimate of drug-likeness (QED) is 0.720. The lowest BCUT2D eigenvalue weighted by molar-refractivity contribution is 0.102. The van der Waals surface area contributed by atoms with E-state index in [1.54, 1.807) is 25.1 Å². The fraction of sp³-hybridized carbons (Fsp3) is 0.143. The number of pyridine rings is 1. The van der Waals surface area contributed by atoms with Crippen molar-refractivity contribution in [2.75, 3.05) is 11.1 Å². The predicted octanol–water partition coefficient (Wildman–Crippen LogP) is 2.24. The first-order chi connectivity index (χ1) is 8.97. The first kappa shape index (κ1) is 12.9. The smallest absolute Gasteiger partial charge is 0.259 e. The number of hydrogen-bond donors (Lipinski definition) is 3. The summed E-state index contributed by atoms with van der Waals surface area (Å²) in [4.78, 5) is 16.2. The number of aromatic nitrogens is 1. The second-order valence-corrected chi connectivity index (χ2v) is 4.37. The molecule has 2 rings (SSSR count). The molecule has 0 aliphatic rings. The van der Waals surface area contributed by atoms with Crippen LogP contribution in [0.1, 0.15) is 21.6 Å². The van der Waals surface area contributed by atoms with E-state index in [1.807, 2.05) is 13.0 Å². The van der Waals surface area contributed by atoms with Crippen molar-refractivity contribution < 1.29 is 9.90 Å². The summed E-state index contributed by atoms with van der Waals surface area (Å²) in [7, 11) is 0. The highest BCUT2D eigenvalue weighted by Crippen LogP contribution is 2.22. The Bertz CT molecular complexity index is 639. The Hall–Kier alpha value is -2.56. The molecule has 1 aromatic heterocycles. The molecule has 98 valence electrons. The van der Waals surface area contributed by atoms with Gasteiger partial charge in [0.25, 0.3) is 5.91 Å². The van der Waals surface area contributed by atoms with Gasteiger partial charge in [-0.3, -0.25) is 4.79 Å². The average molecular weight is 257 g/mol. The number of nitrogens with two attached hydrogens (primary N) is 1. The average Bonchev–Trinajstić information content (AvgIpc) is 2.36. The molecule has 1 heterocycles. The molecule has 5 heteroatoms. The van der Waals surface area contributed by atoms with Gasteiger partial charge in [0.2, 0.25) is 0 Å². The van der Waals surface area contributed by atoms with Crippen LogP contribution in [0.15, 0.2) is 30.3 Å². The zero-order valence-corrected chi connectivity index (χ0v) is 10.8. The molecule has 4 N–H and O–H groups in total. The number of nitrogens with one attached hydrogen (secondary N) is 1. The van der Waals surface area contributed by atoms with Crippen LogP contribution in [-0.2, 0) is 0 Å². The number of benzene rings is 1. The number of rotatable bonds is 2. The molecule has 1 amide bonds. The molecule has 0 spiro atoms. The van der Waals surface area contributed by atoms with Crippen molar-refractivity contribution in [2.45, 2.75) is 13.8 Å². The fourth-order valence-corrected chi connectivity index (χ4v) is 1.68. The molecule has 2 aromatic rings. The van der Waals surface area contributed by atoms with Gasteiger partial charge in [0, 0.05) is 11.4 Å². The molecular weight excluding hydrogens is 242 g/mol. The molecule has 1 aromatic carbocycles. The minimum atomic E-state index is -0.394. The van der Waals surface area contributed by atoms with Crippen LogP contribution in [0.5, 0.6) is 5.75 Å². The minimum absolute atomic E-state index is 0.0785. The van der Waals surface area contributed by atoms with Crippen LogP contribution in [0.3, 0.4) is 0 Å². The summed E-state index contributed by atoms with van der Waals surface area (Å²) < 4.78 is 0. The summed E-state index contributed by atoms with van der Waals surface area (Å²) in [6.07, 6.45) is 0. The van der Waals surface area contributed by atoms with Gasteiger partial charge >= 0.3 is 0 Å². The molecular formula is C14H15N3O2. The summed E-state index contributed by atoms with van der Waals surface area (Å²) in [6, 6.07) is 8.34. The summed E-state index contributed by atoms with van der Waals surface area (Å²) in [5.74, 6) is -0.342. The van der Waals surface area contributed by atoms with E-state index in [9.17, 15) is 9.90 Å². The van der Waals surface area contributed by atoms with E-state index in [0.29, 0.717) is 16.9 Å². The number of hydrogen-bond acceptors (Lipinski definition) is 4. The van der Waals surface area contributed by atoms with Crippen molar-refractivity contribution in [3.05, 3.63) is 47.2 Å². The van der Waals surface area contributed by atoms with Gasteiger partial charge in [-0.15, -0.1) is 0 Å². The lowest BCUT2D eigenvalue weighted by Gasteiger charge is -2.09. The number of nitrogens with zero attached hydrogens (tertiary/aromatic N) is 1. The maximum absolute atomic E-state index is 12.1. The molecule has 0 bridgehead atoms. The van der Waals surface area contributed by atoms with Crippen LogP contribution in [0.2, 0.25) is 0 Å². The van der Waals surface area contributed by atoms with Crippen molar-refractivity contribution in [1.82, 2.24) is 4.98 Å². The highest BCUT2D eigenvalue weighted by atomic mass is 16.3. The van der Waals surface area contributed by atoms with Crippen molar-refractivity contribution in [1.29, 1.82) is 0 Å². The monoisotopic (exact) mass is 257 g/mol. The van der Waals surface area contributed by atoms with Gasteiger partial charge in [-0.1, -0.05) is 11.6 Å². The standard InChI is InChI=1S/C14H15N3O2/c1-8-3-5-11(15)10(7-8)14(19)17-13-12(18)6-4-9(2)16-13/h3-7,18H,15H2,1-2H3,(H,16,17,19). The molecule has 0 aliphatic carbocycles. The van der Waals surface area contributed by atoms with Crippen LogP contribution in [0.25, 0.3) is 0 Å². The number of carbonyl (C=O) groups is 1. The van der Waals surface area contributed by atoms with Crippen molar-refractivity contribution >= 4 is 17.4 Å². The Morgan fingerprint density at radius 2 is 2.00 bits per heavy atom. The van der Waals surface area contributed by atoms with Crippen LogP contribution < -0.4 is 11.1 Å². The maximum atomic E-state index is 12.1. The first-order valence-electron chi connectivity index (χ1n) is 5.81. The summed E-state index contributed by atoms with van der Waals surface area (Å²) >= 11 is 0. The Kier molecular flexibility index (Phi) is 3.37. The van der Waals surface area contributed by atoms with Gasteiger partial charge in [0.1, 0.15) is 0 Å². The van der Waals surface area contributed by atoms with E-state index in [0.717, 1.165) is 5.56 Å². The molecule has 5 nitrogen and oxygen atoms in total. The zero-order valence-electron chi connectivity index (χ0n) is 10.8. The Labute approximate surface area is 111 Å². The van der Waals surface area contributed by atoms with Gasteiger partial charge in [-0.25, -0.2) is 4.98 Å². The SMILES string of the molecule is Cc1ccc(N)c(C(=O)Nc2nc(C)ccc2O)c1. The lowest BCUT2D eigenvalue weighted by Crippen LogP contribution is -2.15. The number of amides is 1. The second-order valence-electron chi connectivity index (χ2n) is 4.37. The Morgan fingerprint density at radius 1 is 1.26 bits per heavy atom. The van der Waals surface area contributed by atoms with E-state index in [2.05, 4.69) is 10.3 Å². The lowest BCUT2D eigenvalue weighted by atomic mass is 10.1. The Balaban J connectivity index is 2.30. The molecule has 0 saturated heterocycles. The number of aromatic hydroxyl groups is 1. The maximum Gasteiger partial charge on any atom is 0.259 e. The van der Waals surface area contributed by atoms with Gasteiger partial charge in [-0.2, -0.15) is 0 Å². The molecule has 0 fully saturated rings. The van der Waals surface area contributed by atoms with E-state index < -0.39 is 5.91 Å². The summed E-state index contributed by atoms with van der Waals surface area (Å²) in [5, 5.41) is 12.2. The zero-order chi connectivity index (χ0) is 14.0. The van der Waals surface area contributed by atoms with Crippen molar-refractivity contribution in [2.24, 2.45) is 0 Å². The fourth-order valence-electron chi connectivity index (χ4n) is 1.68. The molecule has 0 aliphatic heterocycles. The van der Waals surface area contributed by atoms with E-state index >= 15 is 0 Å². The minimum Gasteiger partial charge on any atom is -0.504 e. The van der Waals surface area contributed by atoms with Gasteiger partial charge in [0.05, 0.1) is 5.56 Å². The number of aryl methyl sites for hydroxylation is 2. The molecule has 0 saturated carbocycles. The molecule has 0 unspecified atom stereocenters. The van der Waals surface area contributed by atoms with E-state index in [-0.39, 0.29) is 11.6 Å². The van der Waals surface area contributed by atoms with Crippen LogP contribution in [0, 0.1) is 13.8 Å². The normalized spacial score (nSPS) is 10.2. The van der Waals surface area contributed by atoms with Crippen LogP contribution in [-0.4, -0.2) is 16.0 Å². The largest absolute Gasteiger partial charge is 0.504 e. The predicted molar refractivity (Wildman–Crippen MR) is 74.2 cm³/mol. The highest BCUT2D eigenvalue weighted by molar-refractivity contribution is 6.07. The van der Waals surface area contributed by atoms with Gasteiger partial charge in [-0.05, 0) is 38.1 Å². The molecule has 0 atom stereocenters. The summed E-state index contributed by atoms with van der Waals surface area (Å²) in [5.41, 5.74) is 8.15. The van der Waals surface area contributed by atoms with E-state index in [4.69, 9.17) is 5.73 Å². The Morgan fingerprint density at radius 3 is 2.74 bits per heavy atom. The number of anilines is 2. The highest BCUT2D eigenvalue weighted by Gasteiger charge is 2.13. The van der Waals surface area contributed by atoms with Crippen molar-refractivity contribution in [3.63, 3.8) is 0 Å². The summed E-state index contributed by atoms with van der Waals surface area (Å²) in [6.45, 7) is 3.65. The second kappa shape index (κ2) is 4.97. The van der Waals surface area contributed by atoms with E-state index in [1.165, 1.54) is 6.07 Å². The van der Waals surface area contributed by atoms with Gasteiger partial charge in [0.15, 0.2) is 11.6 Å². The topological polar surface area (TPSA) is 88.2 Å². The third-order valence-electron chi connectivity index (χ3n) is 2.70. The molecule has 19 heavy (non-hydrogen) atoms. The third-order valence-corrected chi connectivity index (χ3v) is 2.70. The number of nitrogen functional groups attached to an aromatic ring is 1. The number of carbonyl (C=O) groups excluding carboxylic acids is 1.